The highest BCUT2D eigenvalue weighted by Crippen LogP contribution is 2.33. The number of rotatable bonds is 3. The molecule has 3 rings (SSSR count). The van der Waals surface area contributed by atoms with Gasteiger partial charge < -0.3 is 10.4 Å². The molecular weight excluding hydrogens is 198 g/mol. The molecule has 1 unspecified atom stereocenters. The van der Waals surface area contributed by atoms with Crippen molar-refractivity contribution in [2.45, 2.75) is 44.1 Å². The van der Waals surface area contributed by atoms with Crippen LogP contribution < -0.4 is 5.32 Å². The number of phenolic OH excluding ortho intramolecular Hbond substituents is 1. The van der Waals surface area contributed by atoms with Crippen molar-refractivity contribution in [3.63, 3.8) is 0 Å². The molecule has 2 heteroatoms. The predicted octanol–water partition coefficient (Wildman–Crippen LogP) is 2.56. The topological polar surface area (TPSA) is 32.3 Å². The monoisotopic (exact) mass is 217 g/mol. The van der Waals surface area contributed by atoms with Crippen molar-refractivity contribution in [2.75, 3.05) is 6.54 Å². The molecule has 2 nitrogen and oxygen atoms in total. The Hall–Kier alpha value is -1.02. The van der Waals surface area contributed by atoms with Gasteiger partial charge in [0.25, 0.3) is 0 Å². The molecular formula is C14H19NO. The molecule has 0 amide bonds. The number of fused-ring (bicyclic) bond motifs is 1. The average molecular weight is 217 g/mol. The van der Waals surface area contributed by atoms with Crippen LogP contribution in [0, 0.1) is 0 Å². The summed E-state index contributed by atoms with van der Waals surface area (Å²) < 4.78 is 0. The summed E-state index contributed by atoms with van der Waals surface area (Å²) in [4.78, 5) is 0. The van der Waals surface area contributed by atoms with Gasteiger partial charge in [-0.2, -0.15) is 0 Å². The molecule has 0 radical (unpaired) electrons. The number of hydrogen-bond donors (Lipinski definition) is 2. The van der Waals surface area contributed by atoms with E-state index in [-0.39, 0.29) is 0 Å². The molecule has 0 heterocycles. The van der Waals surface area contributed by atoms with E-state index in [9.17, 15) is 5.11 Å². The lowest BCUT2D eigenvalue weighted by molar-refractivity contribution is 0.468. The second kappa shape index (κ2) is 4.10. The molecule has 1 fully saturated rings. The first-order valence-corrected chi connectivity index (χ1v) is 6.38. The number of aromatic hydroxyl groups is 1. The minimum atomic E-state index is 0.412. The van der Waals surface area contributed by atoms with Crippen LogP contribution in [0.1, 0.15) is 42.7 Å². The first-order valence-electron chi connectivity index (χ1n) is 6.38. The molecule has 0 aliphatic heterocycles. The lowest BCUT2D eigenvalue weighted by Gasteiger charge is -2.26. The van der Waals surface area contributed by atoms with Crippen LogP contribution in [0.4, 0.5) is 0 Å². The third-order valence-corrected chi connectivity index (χ3v) is 3.80. The second-order valence-electron chi connectivity index (χ2n) is 5.15. The highest BCUT2D eigenvalue weighted by Gasteiger charge is 2.25. The van der Waals surface area contributed by atoms with Crippen LogP contribution in [0.3, 0.4) is 0 Å². The predicted molar refractivity (Wildman–Crippen MR) is 64.8 cm³/mol. The molecule has 1 atom stereocenters. The average Bonchev–Trinajstić information content (AvgIpc) is 3.09. The third-order valence-electron chi connectivity index (χ3n) is 3.80. The number of benzene rings is 1. The lowest BCUT2D eigenvalue weighted by atomic mass is 9.82. The van der Waals surface area contributed by atoms with Crippen LogP contribution in [0.15, 0.2) is 18.2 Å². The molecule has 0 spiro atoms. The minimum Gasteiger partial charge on any atom is -0.508 e. The molecule has 1 aromatic carbocycles. The fourth-order valence-electron chi connectivity index (χ4n) is 2.71. The van der Waals surface area contributed by atoms with Crippen molar-refractivity contribution >= 4 is 0 Å². The van der Waals surface area contributed by atoms with Crippen LogP contribution in [-0.4, -0.2) is 17.7 Å². The molecule has 2 aliphatic carbocycles. The van der Waals surface area contributed by atoms with E-state index in [2.05, 4.69) is 11.4 Å². The van der Waals surface area contributed by atoms with E-state index in [1.807, 2.05) is 12.1 Å². The molecule has 0 bridgehead atoms. The van der Waals surface area contributed by atoms with E-state index in [1.165, 1.54) is 36.8 Å². The summed E-state index contributed by atoms with van der Waals surface area (Å²) in [6.45, 7) is 1.11. The molecule has 2 N–H and O–H groups in total. The van der Waals surface area contributed by atoms with Gasteiger partial charge in [-0.05, 0) is 61.3 Å². The normalized spacial score (nSPS) is 24.1. The van der Waals surface area contributed by atoms with Gasteiger partial charge in [0, 0.05) is 12.6 Å². The van der Waals surface area contributed by atoms with Gasteiger partial charge >= 0.3 is 0 Å². The Kier molecular flexibility index (Phi) is 2.60. The molecule has 2 aliphatic rings. The highest BCUT2D eigenvalue weighted by atomic mass is 16.3. The van der Waals surface area contributed by atoms with Gasteiger partial charge in [0.05, 0.1) is 0 Å². The van der Waals surface area contributed by atoms with Crippen LogP contribution in [0.5, 0.6) is 5.75 Å². The zero-order valence-corrected chi connectivity index (χ0v) is 9.58. The van der Waals surface area contributed by atoms with Crippen molar-refractivity contribution in [1.29, 1.82) is 0 Å². The molecule has 0 aromatic heterocycles. The van der Waals surface area contributed by atoms with E-state index in [4.69, 9.17) is 0 Å². The maximum absolute atomic E-state index is 9.49. The fourth-order valence-corrected chi connectivity index (χ4v) is 2.71. The Bertz CT molecular complexity index is 384. The molecule has 0 saturated heterocycles. The van der Waals surface area contributed by atoms with Gasteiger partial charge in [-0.3, -0.25) is 0 Å². The SMILES string of the molecule is Oc1ccc2c(c1)CCCC2CNC1CC1. The maximum atomic E-state index is 9.49. The van der Waals surface area contributed by atoms with E-state index in [0.29, 0.717) is 11.7 Å². The fraction of sp³-hybridized carbons (Fsp3) is 0.571. The van der Waals surface area contributed by atoms with Crippen LogP contribution in [0.25, 0.3) is 0 Å². The number of aryl methyl sites for hydroxylation is 1. The zero-order chi connectivity index (χ0) is 11.0. The number of nitrogens with one attached hydrogen (secondary N) is 1. The van der Waals surface area contributed by atoms with Gasteiger partial charge in [0.2, 0.25) is 0 Å². The van der Waals surface area contributed by atoms with Crippen molar-refractivity contribution in [3.8, 4) is 5.75 Å². The van der Waals surface area contributed by atoms with Crippen LogP contribution in [0.2, 0.25) is 0 Å². The van der Waals surface area contributed by atoms with E-state index in [1.54, 1.807) is 0 Å². The van der Waals surface area contributed by atoms with Crippen molar-refractivity contribution in [1.82, 2.24) is 5.32 Å². The maximum Gasteiger partial charge on any atom is 0.115 e. The van der Waals surface area contributed by atoms with Gasteiger partial charge in [-0.1, -0.05) is 6.07 Å². The van der Waals surface area contributed by atoms with Gasteiger partial charge in [0.1, 0.15) is 5.75 Å². The quantitative estimate of drug-likeness (QED) is 0.815. The first kappa shape index (κ1) is 10.2. The summed E-state index contributed by atoms with van der Waals surface area (Å²) in [5.74, 6) is 1.07. The van der Waals surface area contributed by atoms with Gasteiger partial charge in [-0.15, -0.1) is 0 Å². The third kappa shape index (κ3) is 2.07. The lowest BCUT2D eigenvalue weighted by Crippen LogP contribution is -2.25. The summed E-state index contributed by atoms with van der Waals surface area (Å²) in [6, 6.07) is 6.68. The van der Waals surface area contributed by atoms with Gasteiger partial charge in [0.15, 0.2) is 0 Å². The Morgan fingerprint density at radius 2 is 2.12 bits per heavy atom. The first-order chi connectivity index (χ1) is 7.83. The van der Waals surface area contributed by atoms with Gasteiger partial charge in [-0.25, -0.2) is 0 Å². The summed E-state index contributed by atoms with van der Waals surface area (Å²) in [5, 5.41) is 13.1. The summed E-state index contributed by atoms with van der Waals surface area (Å²) in [6.07, 6.45) is 6.39. The van der Waals surface area contributed by atoms with Crippen molar-refractivity contribution in [2.24, 2.45) is 0 Å². The molecule has 1 aromatic rings. The van der Waals surface area contributed by atoms with E-state index >= 15 is 0 Å². The summed E-state index contributed by atoms with van der Waals surface area (Å²) in [5.41, 5.74) is 2.81. The largest absolute Gasteiger partial charge is 0.508 e. The Balaban J connectivity index is 1.76. The number of phenols is 1. The zero-order valence-electron chi connectivity index (χ0n) is 9.58. The Morgan fingerprint density at radius 3 is 2.94 bits per heavy atom. The van der Waals surface area contributed by atoms with Crippen molar-refractivity contribution < 1.29 is 5.11 Å². The smallest absolute Gasteiger partial charge is 0.115 e. The van der Waals surface area contributed by atoms with E-state index in [0.717, 1.165) is 19.0 Å². The summed E-state index contributed by atoms with van der Waals surface area (Å²) >= 11 is 0. The Morgan fingerprint density at radius 1 is 1.25 bits per heavy atom. The number of hydrogen-bond acceptors (Lipinski definition) is 2. The molecule has 86 valence electrons. The standard InChI is InChI=1S/C14H19NO/c16-13-6-7-14-10(8-13)2-1-3-11(14)9-15-12-4-5-12/h6-8,11-12,15-16H,1-5,9H2. The summed E-state index contributed by atoms with van der Waals surface area (Å²) in [7, 11) is 0. The van der Waals surface area contributed by atoms with Crippen LogP contribution >= 0.6 is 0 Å². The highest BCUT2D eigenvalue weighted by molar-refractivity contribution is 5.38. The second-order valence-corrected chi connectivity index (χ2v) is 5.15. The molecule has 16 heavy (non-hydrogen) atoms. The minimum absolute atomic E-state index is 0.412. The van der Waals surface area contributed by atoms with E-state index < -0.39 is 0 Å². The molecule has 1 saturated carbocycles. The van der Waals surface area contributed by atoms with Crippen molar-refractivity contribution in [3.05, 3.63) is 29.3 Å². The van der Waals surface area contributed by atoms with Crippen LogP contribution in [-0.2, 0) is 6.42 Å². The Labute approximate surface area is 96.7 Å².